The maximum Gasteiger partial charge on any atom is 0.138 e. The van der Waals surface area contributed by atoms with Crippen LogP contribution in [0.15, 0.2) is 60.7 Å². The second-order valence-electron chi connectivity index (χ2n) is 5.81. The second-order valence-corrected chi connectivity index (χ2v) is 7.06. The molecule has 4 aromatic rings. The minimum atomic E-state index is 0.464. The van der Waals surface area contributed by atoms with E-state index in [0.717, 1.165) is 33.7 Å². The molecule has 4 rings (SSSR count). The fraction of sp³-hybridized carbons (Fsp3) is 0.0500. The number of benzene rings is 3. The summed E-state index contributed by atoms with van der Waals surface area (Å²) in [5.74, 6) is 1.49. The summed E-state index contributed by atoms with van der Waals surface area (Å²) in [5, 5.41) is 1.69. The van der Waals surface area contributed by atoms with Crippen molar-refractivity contribution in [3.05, 3.63) is 81.3 Å². The lowest BCUT2D eigenvalue weighted by molar-refractivity contribution is 0.306. The summed E-state index contributed by atoms with van der Waals surface area (Å²) in [6.07, 6.45) is 0. The molecule has 1 N–H and O–H groups in total. The number of aromatic nitrogens is 2. The van der Waals surface area contributed by atoms with E-state index in [1.54, 1.807) is 12.1 Å². The van der Waals surface area contributed by atoms with Gasteiger partial charge in [0.15, 0.2) is 0 Å². The van der Waals surface area contributed by atoms with Crippen LogP contribution in [0, 0.1) is 0 Å². The van der Waals surface area contributed by atoms with Crippen LogP contribution in [-0.2, 0) is 6.61 Å². The zero-order valence-corrected chi connectivity index (χ0v) is 15.7. The number of aromatic amines is 1. The van der Waals surface area contributed by atoms with Crippen molar-refractivity contribution in [2.45, 2.75) is 6.61 Å². The van der Waals surface area contributed by atoms with Crippen LogP contribution < -0.4 is 4.74 Å². The molecule has 0 aliphatic rings. The van der Waals surface area contributed by atoms with Crippen molar-refractivity contribution >= 4 is 45.8 Å². The second kappa shape index (κ2) is 7.20. The minimum Gasteiger partial charge on any atom is -0.489 e. The average molecular weight is 404 g/mol. The number of hydrogen-bond donors (Lipinski definition) is 1. The highest BCUT2D eigenvalue weighted by Gasteiger charge is 2.09. The van der Waals surface area contributed by atoms with Gasteiger partial charge in [-0.05, 0) is 42.0 Å². The van der Waals surface area contributed by atoms with E-state index in [1.807, 2.05) is 48.5 Å². The Morgan fingerprint density at radius 3 is 2.46 bits per heavy atom. The molecule has 3 nitrogen and oxygen atoms in total. The largest absolute Gasteiger partial charge is 0.489 e. The van der Waals surface area contributed by atoms with E-state index in [2.05, 4.69) is 9.97 Å². The number of rotatable bonds is 4. The zero-order valence-electron chi connectivity index (χ0n) is 13.5. The van der Waals surface area contributed by atoms with Gasteiger partial charge < -0.3 is 9.72 Å². The Hall–Kier alpha value is -2.20. The van der Waals surface area contributed by atoms with Gasteiger partial charge >= 0.3 is 0 Å². The summed E-state index contributed by atoms with van der Waals surface area (Å²) in [4.78, 5) is 7.85. The fourth-order valence-corrected chi connectivity index (χ4v) is 3.07. The van der Waals surface area contributed by atoms with Gasteiger partial charge in [0.1, 0.15) is 18.2 Å². The summed E-state index contributed by atoms with van der Waals surface area (Å²) < 4.78 is 5.88. The maximum absolute atomic E-state index is 6.07. The molecule has 0 aliphatic heterocycles. The van der Waals surface area contributed by atoms with E-state index in [1.165, 1.54) is 0 Å². The Balaban J connectivity index is 1.58. The lowest BCUT2D eigenvalue weighted by atomic mass is 10.2. The number of nitrogens with one attached hydrogen (secondary N) is 1. The predicted octanol–water partition coefficient (Wildman–Crippen LogP) is 6.77. The van der Waals surface area contributed by atoms with Crippen LogP contribution in [0.2, 0.25) is 15.1 Å². The molecule has 0 atom stereocenters. The average Bonchev–Trinajstić information content (AvgIpc) is 3.05. The summed E-state index contributed by atoms with van der Waals surface area (Å²) in [6, 6.07) is 18.9. The molecule has 1 heterocycles. The number of H-pyrrole nitrogens is 1. The summed E-state index contributed by atoms with van der Waals surface area (Å²) in [5.41, 5.74) is 3.57. The molecule has 0 unspecified atom stereocenters. The number of nitrogens with zero attached hydrogens (tertiary/aromatic N) is 1. The Morgan fingerprint density at radius 2 is 1.65 bits per heavy atom. The Labute approximate surface area is 165 Å². The smallest absolute Gasteiger partial charge is 0.138 e. The third-order valence-electron chi connectivity index (χ3n) is 3.95. The van der Waals surface area contributed by atoms with E-state index in [4.69, 9.17) is 39.5 Å². The fourth-order valence-electron chi connectivity index (χ4n) is 2.62. The van der Waals surface area contributed by atoms with Gasteiger partial charge in [0, 0.05) is 10.6 Å². The Kier molecular flexibility index (Phi) is 4.77. The van der Waals surface area contributed by atoms with E-state index < -0.39 is 0 Å². The number of halogens is 3. The quantitative estimate of drug-likeness (QED) is 0.408. The molecule has 1 aromatic heterocycles. The van der Waals surface area contributed by atoms with Crippen molar-refractivity contribution < 1.29 is 4.74 Å². The molecule has 0 fully saturated rings. The highest BCUT2D eigenvalue weighted by atomic mass is 35.5. The molecule has 0 bridgehead atoms. The molecule has 26 heavy (non-hydrogen) atoms. The number of hydrogen-bond acceptors (Lipinski definition) is 2. The Bertz CT molecular complexity index is 1040. The van der Waals surface area contributed by atoms with Gasteiger partial charge in [-0.2, -0.15) is 0 Å². The number of fused-ring (bicyclic) bond motifs is 1. The highest BCUT2D eigenvalue weighted by Crippen LogP contribution is 2.29. The van der Waals surface area contributed by atoms with E-state index in [-0.39, 0.29) is 0 Å². The summed E-state index contributed by atoms with van der Waals surface area (Å²) >= 11 is 18.0. The number of imidazole rings is 1. The van der Waals surface area contributed by atoms with Gasteiger partial charge in [-0.15, -0.1) is 0 Å². The van der Waals surface area contributed by atoms with Crippen LogP contribution in [0.5, 0.6) is 5.75 Å². The van der Waals surface area contributed by atoms with Gasteiger partial charge in [-0.3, -0.25) is 0 Å². The van der Waals surface area contributed by atoms with Gasteiger partial charge in [0.2, 0.25) is 0 Å². The molecule has 0 saturated carbocycles. The first kappa shape index (κ1) is 17.2. The molecular formula is C20H13Cl3N2O. The first-order chi connectivity index (χ1) is 12.6. The number of ether oxygens (including phenoxy) is 1. The van der Waals surface area contributed by atoms with Gasteiger partial charge in [-0.1, -0.05) is 59.1 Å². The molecule has 0 spiro atoms. The van der Waals surface area contributed by atoms with Crippen LogP contribution in [0.4, 0.5) is 0 Å². The minimum absolute atomic E-state index is 0.464. The van der Waals surface area contributed by atoms with Crippen LogP contribution in [0.3, 0.4) is 0 Å². The third kappa shape index (κ3) is 3.65. The molecule has 130 valence electrons. The van der Waals surface area contributed by atoms with Crippen molar-refractivity contribution in [2.75, 3.05) is 0 Å². The highest BCUT2D eigenvalue weighted by molar-refractivity contribution is 6.42. The summed E-state index contributed by atoms with van der Waals surface area (Å²) in [6.45, 7) is 0.464. The molecule has 0 radical (unpaired) electrons. The molecular weight excluding hydrogens is 391 g/mol. The van der Waals surface area contributed by atoms with Gasteiger partial charge in [0.25, 0.3) is 0 Å². The van der Waals surface area contributed by atoms with Crippen molar-refractivity contribution in [1.82, 2.24) is 9.97 Å². The van der Waals surface area contributed by atoms with Crippen LogP contribution in [0.1, 0.15) is 5.56 Å². The van der Waals surface area contributed by atoms with Gasteiger partial charge in [0.05, 0.1) is 21.1 Å². The lowest BCUT2D eigenvalue weighted by Crippen LogP contribution is -1.95. The standard InChI is InChI=1S/C20H13Cl3N2O/c21-14-6-4-12(5-7-14)11-26-15-3-1-2-13(8-15)20-24-18-9-16(22)17(23)10-19(18)25-20/h1-10H,11H2,(H,24,25). The van der Waals surface area contributed by atoms with Crippen LogP contribution >= 0.6 is 34.8 Å². The van der Waals surface area contributed by atoms with Crippen molar-refractivity contribution in [3.63, 3.8) is 0 Å². The monoisotopic (exact) mass is 402 g/mol. The molecule has 0 saturated heterocycles. The molecule has 3 aromatic carbocycles. The first-order valence-corrected chi connectivity index (χ1v) is 9.04. The van der Waals surface area contributed by atoms with Crippen LogP contribution in [-0.4, -0.2) is 9.97 Å². The molecule has 6 heteroatoms. The zero-order chi connectivity index (χ0) is 18.1. The topological polar surface area (TPSA) is 37.9 Å². The SMILES string of the molecule is Clc1ccc(COc2cccc(-c3nc4cc(Cl)c(Cl)cc4[nH]3)c2)cc1. The van der Waals surface area contributed by atoms with Crippen molar-refractivity contribution in [1.29, 1.82) is 0 Å². The normalized spacial score (nSPS) is 11.0. The molecule has 0 aliphatic carbocycles. The summed E-state index contributed by atoms with van der Waals surface area (Å²) in [7, 11) is 0. The van der Waals surface area contributed by atoms with E-state index in [0.29, 0.717) is 21.7 Å². The van der Waals surface area contributed by atoms with Crippen molar-refractivity contribution in [3.8, 4) is 17.1 Å². The van der Waals surface area contributed by atoms with E-state index >= 15 is 0 Å². The first-order valence-electron chi connectivity index (χ1n) is 7.91. The predicted molar refractivity (Wildman–Crippen MR) is 107 cm³/mol. The third-order valence-corrected chi connectivity index (χ3v) is 4.92. The van der Waals surface area contributed by atoms with Crippen LogP contribution in [0.25, 0.3) is 22.4 Å². The molecule has 0 amide bonds. The van der Waals surface area contributed by atoms with Gasteiger partial charge in [-0.25, -0.2) is 4.98 Å². The van der Waals surface area contributed by atoms with E-state index in [9.17, 15) is 0 Å². The maximum atomic E-state index is 6.07. The van der Waals surface area contributed by atoms with Crippen molar-refractivity contribution in [2.24, 2.45) is 0 Å². The lowest BCUT2D eigenvalue weighted by Gasteiger charge is -2.07. The Morgan fingerprint density at radius 1 is 0.885 bits per heavy atom.